The van der Waals surface area contributed by atoms with Gasteiger partial charge in [-0.15, -0.1) is 11.3 Å². The lowest BCUT2D eigenvalue weighted by atomic mass is 10.4. The molecule has 7 heavy (non-hydrogen) atoms. The summed E-state index contributed by atoms with van der Waals surface area (Å²) in [5, 5.41) is 3.28. The maximum absolute atomic E-state index is 12.1. The zero-order valence-electron chi connectivity index (χ0n) is 3.94. The van der Waals surface area contributed by atoms with Gasteiger partial charge < -0.3 is 0 Å². The van der Waals surface area contributed by atoms with Crippen molar-refractivity contribution in [3.63, 3.8) is 0 Å². The molecule has 1 aromatic rings. The second-order valence-corrected chi connectivity index (χ2v) is 2.15. The molecule has 0 N–H and O–H groups in total. The summed E-state index contributed by atoms with van der Waals surface area (Å²) in [5.41, 5.74) is 0.741. The van der Waals surface area contributed by atoms with Crippen LogP contribution in [0.1, 0.15) is 5.56 Å². The monoisotopic (exact) mass is 116 g/mol. The Morgan fingerprint density at radius 1 is 1.57 bits per heavy atom. The maximum atomic E-state index is 12.1. The molecule has 0 aliphatic heterocycles. The average Bonchev–Trinajstić information content (AvgIpc) is 1.91. The summed E-state index contributed by atoms with van der Waals surface area (Å²) in [6, 6.07) is 0. The van der Waals surface area contributed by atoms with Gasteiger partial charge in [0.05, 0.1) is 0 Å². The zero-order chi connectivity index (χ0) is 5.28. The lowest BCUT2D eigenvalue weighted by Gasteiger charge is -1.75. The van der Waals surface area contributed by atoms with Gasteiger partial charge in [-0.2, -0.15) is 0 Å². The first-order chi connectivity index (χ1) is 3.30. The van der Waals surface area contributed by atoms with Crippen LogP contribution in [0.25, 0.3) is 0 Å². The molecule has 0 nitrogen and oxygen atoms in total. The van der Waals surface area contributed by atoms with E-state index in [2.05, 4.69) is 0 Å². The van der Waals surface area contributed by atoms with E-state index in [9.17, 15) is 4.39 Å². The van der Waals surface area contributed by atoms with E-state index < -0.39 is 0 Å². The van der Waals surface area contributed by atoms with Crippen LogP contribution in [0.15, 0.2) is 10.8 Å². The van der Waals surface area contributed by atoms with E-state index in [0.29, 0.717) is 0 Å². The fourth-order valence-corrected chi connectivity index (χ4v) is 1.04. The van der Waals surface area contributed by atoms with Crippen LogP contribution in [0, 0.1) is 12.7 Å². The van der Waals surface area contributed by atoms with Crippen molar-refractivity contribution in [3.05, 3.63) is 22.1 Å². The van der Waals surface area contributed by atoms with Crippen molar-refractivity contribution in [3.8, 4) is 0 Å². The van der Waals surface area contributed by atoms with Gasteiger partial charge in [-0.05, 0) is 17.9 Å². The zero-order valence-corrected chi connectivity index (χ0v) is 4.76. The minimum absolute atomic E-state index is 0.0926. The van der Waals surface area contributed by atoms with E-state index in [1.807, 2.05) is 0 Å². The number of thiophene rings is 1. The van der Waals surface area contributed by atoms with Crippen LogP contribution in [0.2, 0.25) is 0 Å². The summed E-state index contributed by atoms with van der Waals surface area (Å²) in [7, 11) is 0. The molecule has 0 amide bonds. The molecule has 0 aliphatic carbocycles. The summed E-state index contributed by atoms with van der Waals surface area (Å²) in [6.07, 6.45) is 0. The molecule has 0 unspecified atom stereocenters. The lowest BCUT2D eigenvalue weighted by molar-refractivity contribution is 0.624. The van der Waals surface area contributed by atoms with Gasteiger partial charge >= 0.3 is 0 Å². The van der Waals surface area contributed by atoms with Crippen molar-refractivity contribution in [2.75, 3.05) is 0 Å². The molecule has 0 bridgehead atoms. The molecule has 0 aromatic carbocycles. The van der Waals surface area contributed by atoms with E-state index in [-0.39, 0.29) is 5.82 Å². The number of rotatable bonds is 0. The lowest BCUT2D eigenvalue weighted by Crippen LogP contribution is -1.65. The minimum Gasteiger partial charge on any atom is -0.206 e. The van der Waals surface area contributed by atoms with Crippen LogP contribution in [-0.2, 0) is 0 Å². The highest BCUT2D eigenvalue weighted by atomic mass is 32.1. The third-order valence-electron chi connectivity index (χ3n) is 0.793. The van der Waals surface area contributed by atoms with Gasteiger partial charge in [0.15, 0.2) is 0 Å². The van der Waals surface area contributed by atoms with Gasteiger partial charge in [0.2, 0.25) is 0 Å². The van der Waals surface area contributed by atoms with Gasteiger partial charge in [-0.1, -0.05) is 0 Å². The van der Waals surface area contributed by atoms with Gasteiger partial charge in [-0.25, -0.2) is 4.39 Å². The van der Waals surface area contributed by atoms with Crippen molar-refractivity contribution in [1.29, 1.82) is 0 Å². The fraction of sp³-hybridized carbons (Fsp3) is 0.200. The van der Waals surface area contributed by atoms with E-state index in [4.69, 9.17) is 0 Å². The quantitative estimate of drug-likeness (QED) is 0.487. The molecule has 0 saturated carbocycles. The molecule has 0 spiro atoms. The SMILES string of the molecule is Cc1cscc1F. The molecule has 0 fully saturated rings. The Bertz CT molecular complexity index is 140. The third kappa shape index (κ3) is 0.800. The molecule has 0 atom stereocenters. The highest BCUT2D eigenvalue weighted by Crippen LogP contribution is 2.09. The first kappa shape index (κ1) is 4.78. The second kappa shape index (κ2) is 1.62. The van der Waals surface area contributed by atoms with Crippen LogP contribution in [-0.4, -0.2) is 0 Å². The maximum Gasteiger partial charge on any atom is 0.136 e. The number of hydrogen-bond donors (Lipinski definition) is 0. The standard InChI is InChI=1S/C5H5FS/c1-4-2-7-3-5(4)6/h2-3H,1H3. The van der Waals surface area contributed by atoms with Gasteiger partial charge in [0, 0.05) is 5.38 Å². The third-order valence-corrected chi connectivity index (χ3v) is 1.63. The average molecular weight is 116 g/mol. The Hall–Kier alpha value is -0.370. The van der Waals surface area contributed by atoms with Crippen molar-refractivity contribution >= 4 is 11.3 Å². The normalized spacial score (nSPS) is 9.43. The molecular formula is C5H5FS. The van der Waals surface area contributed by atoms with E-state index in [1.54, 1.807) is 12.3 Å². The summed E-state index contributed by atoms with van der Waals surface area (Å²) >= 11 is 1.39. The number of aryl methyl sites for hydroxylation is 1. The van der Waals surface area contributed by atoms with E-state index in [1.165, 1.54) is 16.7 Å². The summed E-state index contributed by atoms with van der Waals surface area (Å²) in [4.78, 5) is 0. The van der Waals surface area contributed by atoms with E-state index >= 15 is 0 Å². The highest BCUT2D eigenvalue weighted by molar-refractivity contribution is 7.08. The van der Waals surface area contributed by atoms with Crippen molar-refractivity contribution in [2.45, 2.75) is 6.92 Å². The number of hydrogen-bond acceptors (Lipinski definition) is 1. The summed E-state index contributed by atoms with van der Waals surface area (Å²) in [6.45, 7) is 1.76. The Kier molecular flexibility index (Phi) is 1.11. The predicted octanol–water partition coefficient (Wildman–Crippen LogP) is 2.20. The Morgan fingerprint density at radius 3 is 2.43 bits per heavy atom. The number of halogens is 1. The Labute approximate surface area is 45.6 Å². The molecule has 1 heterocycles. The Balaban J connectivity index is 3.12. The topological polar surface area (TPSA) is 0 Å². The van der Waals surface area contributed by atoms with E-state index in [0.717, 1.165) is 5.56 Å². The summed E-state index contributed by atoms with van der Waals surface area (Å²) < 4.78 is 12.1. The van der Waals surface area contributed by atoms with Crippen LogP contribution < -0.4 is 0 Å². The largest absolute Gasteiger partial charge is 0.206 e. The van der Waals surface area contributed by atoms with Crippen LogP contribution >= 0.6 is 11.3 Å². The molecule has 0 radical (unpaired) electrons. The molecule has 38 valence electrons. The van der Waals surface area contributed by atoms with Crippen LogP contribution in [0.4, 0.5) is 4.39 Å². The van der Waals surface area contributed by atoms with Gasteiger partial charge in [0.25, 0.3) is 0 Å². The molecule has 1 aromatic heterocycles. The van der Waals surface area contributed by atoms with Crippen molar-refractivity contribution in [1.82, 2.24) is 0 Å². The molecule has 1 rings (SSSR count). The summed E-state index contributed by atoms with van der Waals surface area (Å²) in [5.74, 6) is -0.0926. The first-order valence-electron chi connectivity index (χ1n) is 1.99. The second-order valence-electron chi connectivity index (χ2n) is 1.40. The predicted molar refractivity (Wildman–Crippen MR) is 29.0 cm³/mol. The van der Waals surface area contributed by atoms with Gasteiger partial charge in [0.1, 0.15) is 5.82 Å². The van der Waals surface area contributed by atoms with Crippen LogP contribution in [0.5, 0.6) is 0 Å². The smallest absolute Gasteiger partial charge is 0.136 e. The first-order valence-corrected chi connectivity index (χ1v) is 2.93. The minimum atomic E-state index is -0.0926. The molecule has 0 saturated heterocycles. The van der Waals surface area contributed by atoms with Gasteiger partial charge in [-0.3, -0.25) is 0 Å². The van der Waals surface area contributed by atoms with Crippen molar-refractivity contribution in [2.24, 2.45) is 0 Å². The fourth-order valence-electron chi connectivity index (χ4n) is 0.345. The Morgan fingerprint density at radius 2 is 2.29 bits per heavy atom. The molecule has 0 aliphatic rings. The highest BCUT2D eigenvalue weighted by Gasteiger charge is 1.91. The van der Waals surface area contributed by atoms with Crippen LogP contribution in [0.3, 0.4) is 0 Å². The molecule has 2 heteroatoms. The van der Waals surface area contributed by atoms with Crippen molar-refractivity contribution < 1.29 is 4.39 Å². The molecular weight excluding hydrogens is 111 g/mol.